The van der Waals surface area contributed by atoms with Gasteiger partial charge in [0, 0.05) is 19.3 Å². The predicted molar refractivity (Wildman–Crippen MR) is 72.6 cm³/mol. The number of hydrogen-bond acceptors (Lipinski definition) is 3. The minimum atomic E-state index is -0.216. The molecule has 0 radical (unpaired) electrons. The van der Waals surface area contributed by atoms with Gasteiger partial charge in [0.1, 0.15) is 12.3 Å². The largest absolute Gasteiger partial charge is 0.384 e. The number of amides is 1. The van der Waals surface area contributed by atoms with Crippen LogP contribution in [0.2, 0.25) is 0 Å². The number of nitrogens with zero attached hydrogens (tertiary/aromatic N) is 2. The molecule has 1 fully saturated rings. The highest BCUT2D eigenvalue weighted by Crippen LogP contribution is 2.14. The number of rotatable bonds is 1. The van der Waals surface area contributed by atoms with E-state index in [2.05, 4.69) is 16.8 Å². The molecule has 4 heteroatoms. The molecule has 0 bridgehead atoms. The Morgan fingerprint density at radius 2 is 2.05 bits per heavy atom. The highest BCUT2D eigenvalue weighted by atomic mass is 16.2. The van der Waals surface area contributed by atoms with Crippen LogP contribution in [0.25, 0.3) is 0 Å². The predicted octanol–water partition coefficient (Wildman–Crippen LogP) is 1.44. The Kier molecular flexibility index (Phi) is 4.93. The van der Waals surface area contributed by atoms with Gasteiger partial charge in [0.2, 0.25) is 0 Å². The van der Waals surface area contributed by atoms with Gasteiger partial charge in [-0.05, 0) is 25.0 Å². The third-order valence-electron chi connectivity index (χ3n) is 3.21. The summed E-state index contributed by atoms with van der Waals surface area (Å²) >= 11 is 0. The van der Waals surface area contributed by atoms with Crippen LogP contribution in [-0.4, -0.2) is 40.6 Å². The van der Waals surface area contributed by atoms with Crippen LogP contribution in [0.5, 0.6) is 0 Å². The third kappa shape index (κ3) is 3.55. The monoisotopic (exact) mass is 258 g/mol. The molecule has 0 spiro atoms. The highest BCUT2D eigenvalue weighted by Gasteiger charge is 2.20. The molecule has 1 amide bonds. The second-order valence-electron chi connectivity index (χ2n) is 4.57. The molecule has 19 heavy (non-hydrogen) atoms. The third-order valence-corrected chi connectivity index (χ3v) is 3.21. The van der Waals surface area contributed by atoms with E-state index in [0.717, 1.165) is 25.9 Å². The van der Waals surface area contributed by atoms with Crippen molar-refractivity contribution in [2.75, 3.05) is 19.7 Å². The van der Waals surface area contributed by atoms with Crippen molar-refractivity contribution in [3.63, 3.8) is 0 Å². The van der Waals surface area contributed by atoms with Crippen LogP contribution in [-0.2, 0) is 0 Å². The molecular formula is C15H18N2O2. The molecule has 1 aliphatic rings. The van der Waals surface area contributed by atoms with Crippen molar-refractivity contribution in [2.45, 2.75) is 25.7 Å². The molecule has 1 aliphatic heterocycles. The SMILES string of the molecule is O=C(c1ncccc1C#CCO)N1CCCCCC1. The molecule has 0 atom stereocenters. The maximum Gasteiger partial charge on any atom is 0.273 e. The minimum Gasteiger partial charge on any atom is -0.384 e. The van der Waals surface area contributed by atoms with E-state index < -0.39 is 0 Å². The maximum atomic E-state index is 12.5. The summed E-state index contributed by atoms with van der Waals surface area (Å²) in [6.45, 7) is 1.37. The lowest BCUT2D eigenvalue weighted by Crippen LogP contribution is -2.33. The first-order valence-electron chi connectivity index (χ1n) is 6.67. The molecule has 4 nitrogen and oxygen atoms in total. The first-order valence-corrected chi connectivity index (χ1v) is 6.67. The van der Waals surface area contributed by atoms with E-state index in [1.54, 1.807) is 18.3 Å². The molecule has 1 aromatic heterocycles. The smallest absolute Gasteiger partial charge is 0.273 e. The van der Waals surface area contributed by atoms with Crippen LogP contribution in [0.1, 0.15) is 41.7 Å². The van der Waals surface area contributed by atoms with E-state index >= 15 is 0 Å². The fourth-order valence-electron chi connectivity index (χ4n) is 2.23. The van der Waals surface area contributed by atoms with Gasteiger partial charge in [0.25, 0.3) is 5.91 Å². The lowest BCUT2D eigenvalue weighted by Gasteiger charge is -2.20. The summed E-state index contributed by atoms with van der Waals surface area (Å²) < 4.78 is 0. The topological polar surface area (TPSA) is 53.4 Å². The molecule has 2 rings (SSSR count). The first-order chi connectivity index (χ1) is 9.33. The summed E-state index contributed by atoms with van der Waals surface area (Å²) in [5.74, 6) is 5.31. The zero-order valence-corrected chi connectivity index (χ0v) is 10.9. The fourth-order valence-corrected chi connectivity index (χ4v) is 2.23. The van der Waals surface area contributed by atoms with E-state index in [1.165, 1.54) is 12.8 Å². The minimum absolute atomic E-state index is 0.0512. The molecular weight excluding hydrogens is 240 g/mol. The summed E-state index contributed by atoms with van der Waals surface area (Å²) in [6, 6.07) is 3.52. The van der Waals surface area contributed by atoms with E-state index in [1.807, 2.05) is 4.90 Å². The standard InChI is InChI=1S/C15H18N2O2/c18-12-6-8-13-7-5-9-16-14(13)15(19)17-10-3-1-2-4-11-17/h5,7,9,18H,1-4,10-12H2. The van der Waals surface area contributed by atoms with Gasteiger partial charge < -0.3 is 10.0 Å². The second kappa shape index (κ2) is 6.91. The Labute approximate surface area is 113 Å². The van der Waals surface area contributed by atoms with Crippen molar-refractivity contribution < 1.29 is 9.90 Å². The van der Waals surface area contributed by atoms with Crippen LogP contribution in [0, 0.1) is 11.8 Å². The number of carbonyl (C=O) groups excluding carboxylic acids is 1. The zero-order valence-electron chi connectivity index (χ0n) is 10.9. The number of aromatic nitrogens is 1. The van der Waals surface area contributed by atoms with Gasteiger partial charge in [-0.1, -0.05) is 24.7 Å². The maximum absolute atomic E-state index is 12.5. The van der Waals surface area contributed by atoms with E-state index in [4.69, 9.17) is 5.11 Å². The molecule has 0 aromatic carbocycles. The lowest BCUT2D eigenvalue weighted by atomic mass is 10.1. The lowest BCUT2D eigenvalue weighted by molar-refractivity contribution is 0.0755. The Balaban J connectivity index is 2.22. The van der Waals surface area contributed by atoms with Gasteiger partial charge in [-0.3, -0.25) is 4.79 Å². The van der Waals surface area contributed by atoms with E-state index in [-0.39, 0.29) is 12.5 Å². The average Bonchev–Trinajstić information content (AvgIpc) is 2.73. The van der Waals surface area contributed by atoms with Crippen molar-refractivity contribution in [3.8, 4) is 11.8 Å². The van der Waals surface area contributed by atoms with E-state index in [9.17, 15) is 4.79 Å². The Morgan fingerprint density at radius 1 is 1.32 bits per heavy atom. The molecule has 100 valence electrons. The summed E-state index contributed by atoms with van der Waals surface area (Å²) in [7, 11) is 0. The Hall–Kier alpha value is -1.86. The molecule has 0 saturated carbocycles. The molecule has 1 saturated heterocycles. The van der Waals surface area contributed by atoms with Crippen molar-refractivity contribution >= 4 is 5.91 Å². The van der Waals surface area contributed by atoms with Gasteiger partial charge >= 0.3 is 0 Å². The number of carbonyl (C=O) groups is 1. The zero-order chi connectivity index (χ0) is 13.5. The number of likely N-dealkylation sites (tertiary alicyclic amines) is 1. The van der Waals surface area contributed by atoms with Crippen molar-refractivity contribution in [1.29, 1.82) is 0 Å². The highest BCUT2D eigenvalue weighted by molar-refractivity contribution is 5.94. The molecule has 1 N–H and O–H groups in total. The van der Waals surface area contributed by atoms with Crippen LogP contribution in [0.4, 0.5) is 0 Å². The summed E-state index contributed by atoms with van der Waals surface area (Å²) in [5.41, 5.74) is 0.983. The molecule has 2 heterocycles. The summed E-state index contributed by atoms with van der Waals surface area (Å²) in [5, 5.41) is 8.75. The number of pyridine rings is 1. The van der Waals surface area contributed by atoms with Gasteiger partial charge in [-0.25, -0.2) is 4.98 Å². The van der Waals surface area contributed by atoms with Gasteiger partial charge in [0.15, 0.2) is 0 Å². The van der Waals surface area contributed by atoms with Crippen LogP contribution in [0.3, 0.4) is 0 Å². The van der Waals surface area contributed by atoms with Crippen molar-refractivity contribution in [1.82, 2.24) is 9.88 Å². The Bertz CT molecular complexity index is 494. The number of aliphatic hydroxyl groups is 1. The summed E-state index contributed by atoms with van der Waals surface area (Å²) in [4.78, 5) is 18.5. The van der Waals surface area contributed by atoms with Gasteiger partial charge in [0.05, 0.1) is 5.56 Å². The van der Waals surface area contributed by atoms with Gasteiger partial charge in [-0.2, -0.15) is 0 Å². The molecule has 0 aliphatic carbocycles. The van der Waals surface area contributed by atoms with E-state index in [0.29, 0.717) is 11.3 Å². The second-order valence-corrected chi connectivity index (χ2v) is 4.57. The first kappa shape index (κ1) is 13.6. The summed E-state index contributed by atoms with van der Waals surface area (Å²) in [6.07, 6.45) is 6.08. The van der Waals surface area contributed by atoms with Crippen molar-refractivity contribution in [3.05, 3.63) is 29.6 Å². The fraction of sp³-hybridized carbons (Fsp3) is 0.467. The Morgan fingerprint density at radius 3 is 2.74 bits per heavy atom. The molecule has 0 unspecified atom stereocenters. The molecule has 1 aromatic rings. The van der Waals surface area contributed by atoms with Crippen LogP contribution < -0.4 is 0 Å². The quantitative estimate of drug-likeness (QED) is 0.776. The number of aliphatic hydroxyl groups excluding tert-OH is 1. The van der Waals surface area contributed by atoms with Crippen LogP contribution in [0.15, 0.2) is 18.3 Å². The number of hydrogen-bond donors (Lipinski definition) is 1. The average molecular weight is 258 g/mol. The van der Waals surface area contributed by atoms with Crippen LogP contribution >= 0.6 is 0 Å². The van der Waals surface area contributed by atoms with Gasteiger partial charge in [-0.15, -0.1) is 0 Å². The normalized spacial score (nSPS) is 15.3. The van der Waals surface area contributed by atoms with Crippen molar-refractivity contribution in [2.24, 2.45) is 0 Å².